The van der Waals surface area contributed by atoms with Crippen LogP contribution in [0, 0.1) is 0 Å². The quantitative estimate of drug-likeness (QED) is 0.498. The van der Waals surface area contributed by atoms with Crippen LogP contribution in [0.25, 0.3) is 0 Å². The van der Waals surface area contributed by atoms with Gasteiger partial charge in [0.1, 0.15) is 0 Å². The highest BCUT2D eigenvalue weighted by atomic mass is 15.0. The predicted octanol–water partition coefficient (Wildman–Crippen LogP) is 0.173. The Labute approximate surface area is 60.8 Å². The van der Waals surface area contributed by atoms with Crippen molar-refractivity contribution in [3.05, 3.63) is 23.8 Å². The van der Waals surface area contributed by atoms with E-state index >= 15 is 0 Å². The average Bonchev–Trinajstić information content (AvgIpc) is 2.29. The van der Waals surface area contributed by atoms with E-state index in [9.17, 15) is 0 Å². The maximum Gasteiger partial charge on any atom is 0.0546 e. The summed E-state index contributed by atoms with van der Waals surface area (Å²) in [5, 5.41) is 3.27. The first-order valence-electron chi connectivity index (χ1n) is 3.67. The summed E-state index contributed by atoms with van der Waals surface area (Å²) in [6.45, 7) is 1.91. The van der Waals surface area contributed by atoms with Crippen molar-refractivity contribution in [3.63, 3.8) is 0 Å². The molecule has 0 spiro atoms. The zero-order chi connectivity index (χ0) is 7.03. The Morgan fingerprint density at radius 3 is 3.30 bits per heavy atom. The maximum absolute atomic E-state index is 6.08. The Balaban J connectivity index is 2.34. The molecule has 1 fully saturated rings. The molecule has 0 bridgehead atoms. The first kappa shape index (κ1) is 6.13. The smallest absolute Gasteiger partial charge is 0.0546 e. The van der Waals surface area contributed by atoms with Gasteiger partial charge in [-0.3, -0.25) is 0 Å². The summed E-state index contributed by atoms with van der Waals surface area (Å²) >= 11 is 0. The van der Waals surface area contributed by atoms with Crippen LogP contribution in [0.15, 0.2) is 23.8 Å². The molecular weight excluding hydrogens is 124 g/mol. The molecule has 2 nitrogen and oxygen atoms in total. The minimum Gasteiger partial charge on any atom is -0.320 e. The lowest BCUT2D eigenvalue weighted by molar-refractivity contribution is 0.538. The van der Waals surface area contributed by atoms with Gasteiger partial charge in [-0.15, -0.1) is 0 Å². The van der Waals surface area contributed by atoms with Gasteiger partial charge in [0.05, 0.1) is 5.54 Å². The average molecular weight is 136 g/mol. The molecule has 0 amide bonds. The third kappa shape index (κ3) is 0.728. The van der Waals surface area contributed by atoms with Crippen molar-refractivity contribution >= 4 is 0 Å². The number of allylic oxidation sites excluding steroid dienone is 2. The highest BCUT2D eigenvalue weighted by Crippen LogP contribution is 2.25. The van der Waals surface area contributed by atoms with Gasteiger partial charge in [0.2, 0.25) is 0 Å². The van der Waals surface area contributed by atoms with Crippen LogP contribution in [0.5, 0.6) is 0 Å². The van der Waals surface area contributed by atoms with Gasteiger partial charge in [-0.25, -0.2) is 0 Å². The molecule has 0 aromatic rings. The molecule has 1 unspecified atom stereocenters. The molecule has 10 heavy (non-hydrogen) atoms. The Kier molecular flexibility index (Phi) is 1.19. The largest absolute Gasteiger partial charge is 0.320 e. The van der Waals surface area contributed by atoms with Crippen LogP contribution in [0.2, 0.25) is 0 Å². The van der Waals surface area contributed by atoms with E-state index in [1.54, 1.807) is 0 Å². The molecule has 0 aromatic carbocycles. The first-order chi connectivity index (χ1) is 4.81. The molecule has 0 aromatic heterocycles. The molecule has 54 valence electrons. The fraction of sp³-hybridized carbons (Fsp3) is 0.500. The summed E-state index contributed by atoms with van der Waals surface area (Å²) in [7, 11) is 0. The van der Waals surface area contributed by atoms with E-state index in [0.717, 1.165) is 19.5 Å². The van der Waals surface area contributed by atoms with E-state index in [1.807, 2.05) is 0 Å². The van der Waals surface area contributed by atoms with Gasteiger partial charge in [-0.05, 0) is 12.0 Å². The van der Waals surface area contributed by atoms with Crippen LogP contribution in [-0.2, 0) is 0 Å². The van der Waals surface area contributed by atoms with Crippen LogP contribution in [0.3, 0.4) is 0 Å². The maximum atomic E-state index is 6.08. The van der Waals surface area contributed by atoms with E-state index in [0.29, 0.717) is 0 Å². The van der Waals surface area contributed by atoms with E-state index in [1.165, 1.54) is 5.57 Å². The van der Waals surface area contributed by atoms with Crippen molar-refractivity contribution in [1.29, 1.82) is 0 Å². The van der Waals surface area contributed by atoms with Crippen molar-refractivity contribution in [2.75, 3.05) is 13.1 Å². The van der Waals surface area contributed by atoms with Gasteiger partial charge in [-0.2, -0.15) is 0 Å². The van der Waals surface area contributed by atoms with Crippen molar-refractivity contribution in [3.8, 4) is 0 Å². The third-order valence-electron chi connectivity index (χ3n) is 2.31. The monoisotopic (exact) mass is 136 g/mol. The number of fused-ring (bicyclic) bond motifs is 1. The SMILES string of the molecule is NC12CC=CC=C1CNC2. The van der Waals surface area contributed by atoms with Crippen molar-refractivity contribution < 1.29 is 0 Å². The molecule has 2 rings (SSSR count). The van der Waals surface area contributed by atoms with Crippen LogP contribution in [0.1, 0.15) is 6.42 Å². The highest BCUT2D eigenvalue weighted by Gasteiger charge is 2.33. The molecule has 3 N–H and O–H groups in total. The standard InChI is InChI=1S/C8H12N2/c9-8-4-2-1-3-7(8)5-10-6-8/h1-3,10H,4-6,9H2. The summed E-state index contributed by atoms with van der Waals surface area (Å²) < 4.78 is 0. The second-order valence-electron chi connectivity index (χ2n) is 3.08. The molecule has 1 atom stereocenters. The zero-order valence-electron chi connectivity index (χ0n) is 5.93. The summed E-state index contributed by atoms with van der Waals surface area (Å²) in [4.78, 5) is 0. The highest BCUT2D eigenvalue weighted by molar-refractivity contribution is 5.34. The molecule has 2 heteroatoms. The molecule has 0 saturated carbocycles. The van der Waals surface area contributed by atoms with E-state index in [-0.39, 0.29) is 5.54 Å². The second-order valence-corrected chi connectivity index (χ2v) is 3.08. The third-order valence-corrected chi connectivity index (χ3v) is 2.31. The molecule has 1 aliphatic carbocycles. The number of hydrogen-bond donors (Lipinski definition) is 2. The molecule has 2 aliphatic rings. The van der Waals surface area contributed by atoms with Crippen molar-refractivity contribution in [2.24, 2.45) is 5.73 Å². The van der Waals surface area contributed by atoms with Gasteiger partial charge in [-0.1, -0.05) is 18.2 Å². The molecule has 1 aliphatic heterocycles. The summed E-state index contributed by atoms with van der Waals surface area (Å²) in [5.41, 5.74) is 7.39. The van der Waals surface area contributed by atoms with Crippen LogP contribution >= 0.6 is 0 Å². The topological polar surface area (TPSA) is 38.0 Å². The zero-order valence-corrected chi connectivity index (χ0v) is 5.93. The minimum absolute atomic E-state index is 0.0469. The van der Waals surface area contributed by atoms with Crippen molar-refractivity contribution in [2.45, 2.75) is 12.0 Å². The lowest BCUT2D eigenvalue weighted by atomic mass is 9.87. The van der Waals surface area contributed by atoms with Crippen LogP contribution in [0.4, 0.5) is 0 Å². The lowest BCUT2D eigenvalue weighted by Gasteiger charge is -2.25. The second kappa shape index (κ2) is 1.94. The fourth-order valence-electron chi connectivity index (χ4n) is 1.60. The van der Waals surface area contributed by atoms with Crippen LogP contribution < -0.4 is 11.1 Å². The number of hydrogen-bond acceptors (Lipinski definition) is 2. The van der Waals surface area contributed by atoms with E-state index < -0.39 is 0 Å². The van der Waals surface area contributed by atoms with Gasteiger partial charge in [0.15, 0.2) is 0 Å². The molecule has 1 saturated heterocycles. The summed E-state index contributed by atoms with van der Waals surface area (Å²) in [6.07, 6.45) is 7.35. The first-order valence-corrected chi connectivity index (χ1v) is 3.67. The Hall–Kier alpha value is -0.600. The van der Waals surface area contributed by atoms with Crippen LogP contribution in [-0.4, -0.2) is 18.6 Å². The minimum atomic E-state index is -0.0469. The molecular formula is C8H12N2. The summed E-state index contributed by atoms with van der Waals surface area (Å²) in [6, 6.07) is 0. The predicted molar refractivity (Wildman–Crippen MR) is 41.6 cm³/mol. The van der Waals surface area contributed by atoms with Gasteiger partial charge in [0.25, 0.3) is 0 Å². The fourth-order valence-corrected chi connectivity index (χ4v) is 1.60. The Morgan fingerprint density at radius 1 is 1.60 bits per heavy atom. The van der Waals surface area contributed by atoms with E-state index in [2.05, 4.69) is 23.5 Å². The Morgan fingerprint density at radius 2 is 2.50 bits per heavy atom. The number of nitrogens with one attached hydrogen (secondary N) is 1. The van der Waals surface area contributed by atoms with Gasteiger partial charge in [0, 0.05) is 13.1 Å². The number of nitrogens with two attached hydrogens (primary N) is 1. The van der Waals surface area contributed by atoms with Gasteiger partial charge >= 0.3 is 0 Å². The van der Waals surface area contributed by atoms with Gasteiger partial charge < -0.3 is 11.1 Å². The lowest BCUT2D eigenvalue weighted by Crippen LogP contribution is -2.43. The Bertz CT molecular complexity index is 205. The molecule has 0 radical (unpaired) electrons. The summed E-state index contributed by atoms with van der Waals surface area (Å²) in [5.74, 6) is 0. The van der Waals surface area contributed by atoms with Crippen molar-refractivity contribution in [1.82, 2.24) is 5.32 Å². The van der Waals surface area contributed by atoms with E-state index in [4.69, 9.17) is 5.73 Å². The molecule has 1 heterocycles. The normalized spacial score (nSPS) is 37.5. The number of rotatable bonds is 0.